The first-order valence-electron chi connectivity index (χ1n) is 4.20. The van der Waals surface area contributed by atoms with E-state index < -0.39 is 0 Å². The van der Waals surface area contributed by atoms with E-state index in [0.29, 0.717) is 0 Å². The Hall–Kier alpha value is -1.15. The van der Waals surface area contributed by atoms with Crippen molar-refractivity contribution in [3.8, 4) is 0 Å². The van der Waals surface area contributed by atoms with Gasteiger partial charge in [-0.2, -0.15) is 0 Å². The van der Waals surface area contributed by atoms with Crippen molar-refractivity contribution in [3.63, 3.8) is 0 Å². The predicted molar refractivity (Wildman–Crippen MR) is 52.5 cm³/mol. The van der Waals surface area contributed by atoms with Crippen molar-refractivity contribution in [3.05, 3.63) is 35.5 Å². The number of hydrogen-bond acceptors (Lipinski definition) is 2. The number of ether oxygens (including phenoxy) is 1. The molecule has 0 aromatic carbocycles. The van der Waals surface area contributed by atoms with E-state index in [-0.39, 0.29) is 11.9 Å². The van der Waals surface area contributed by atoms with Crippen LogP contribution in [0.3, 0.4) is 0 Å². The van der Waals surface area contributed by atoms with Gasteiger partial charge in [-0.05, 0) is 19.4 Å². The number of rotatable bonds is 3. The first-order chi connectivity index (χ1) is 6.11. The monoisotopic (exact) mass is 178 g/mol. The SMILES string of the molecule is C=CC1=C(C=C(C)C)C(=O)C1OC. The molecule has 70 valence electrons. The van der Waals surface area contributed by atoms with Gasteiger partial charge in [0.1, 0.15) is 6.10 Å². The van der Waals surface area contributed by atoms with E-state index in [1.807, 2.05) is 19.9 Å². The van der Waals surface area contributed by atoms with Crippen molar-refractivity contribution in [1.82, 2.24) is 0 Å². The normalized spacial score (nSPS) is 21.2. The molecule has 0 heterocycles. The molecule has 0 saturated heterocycles. The van der Waals surface area contributed by atoms with E-state index >= 15 is 0 Å². The molecule has 2 heteroatoms. The highest BCUT2D eigenvalue weighted by Gasteiger charge is 2.35. The molecule has 1 unspecified atom stereocenters. The lowest BCUT2D eigenvalue weighted by Gasteiger charge is -2.27. The smallest absolute Gasteiger partial charge is 0.196 e. The van der Waals surface area contributed by atoms with Crippen LogP contribution < -0.4 is 0 Å². The van der Waals surface area contributed by atoms with Crippen molar-refractivity contribution in [2.24, 2.45) is 0 Å². The first-order valence-corrected chi connectivity index (χ1v) is 4.20. The summed E-state index contributed by atoms with van der Waals surface area (Å²) in [6.45, 7) is 7.57. The van der Waals surface area contributed by atoms with Gasteiger partial charge in [0.05, 0.1) is 0 Å². The number of methoxy groups -OCH3 is 1. The van der Waals surface area contributed by atoms with Crippen molar-refractivity contribution in [2.45, 2.75) is 20.0 Å². The van der Waals surface area contributed by atoms with Gasteiger partial charge >= 0.3 is 0 Å². The van der Waals surface area contributed by atoms with Gasteiger partial charge in [0.15, 0.2) is 5.78 Å². The number of hydrogen-bond donors (Lipinski definition) is 0. The van der Waals surface area contributed by atoms with Crippen LogP contribution in [0.25, 0.3) is 0 Å². The molecule has 0 N–H and O–H groups in total. The summed E-state index contributed by atoms with van der Waals surface area (Å²) >= 11 is 0. The van der Waals surface area contributed by atoms with E-state index in [2.05, 4.69) is 6.58 Å². The van der Waals surface area contributed by atoms with Crippen LogP contribution in [0.1, 0.15) is 13.8 Å². The number of carbonyl (C=O) groups excluding carboxylic acids is 1. The van der Waals surface area contributed by atoms with E-state index in [1.54, 1.807) is 6.08 Å². The van der Waals surface area contributed by atoms with E-state index in [4.69, 9.17) is 4.74 Å². The maximum absolute atomic E-state index is 11.4. The van der Waals surface area contributed by atoms with Gasteiger partial charge in [0.2, 0.25) is 0 Å². The molecule has 2 nitrogen and oxygen atoms in total. The molecule has 0 radical (unpaired) electrons. The zero-order valence-electron chi connectivity index (χ0n) is 8.26. The lowest BCUT2D eigenvalue weighted by atomic mass is 9.83. The second-order valence-corrected chi connectivity index (χ2v) is 3.27. The molecule has 0 amide bonds. The van der Waals surface area contributed by atoms with Crippen molar-refractivity contribution in [2.75, 3.05) is 7.11 Å². The average molecular weight is 178 g/mol. The number of ketones is 1. The van der Waals surface area contributed by atoms with Crippen LogP contribution in [0, 0.1) is 0 Å². The molecule has 1 aliphatic carbocycles. The van der Waals surface area contributed by atoms with Gasteiger partial charge in [0.25, 0.3) is 0 Å². The van der Waals surface area contributed by atoms with Gasteiger partial charge in [-0.15, -0.1) is 0 Å². The van der Waals surface area contributed by atoms with Crippen molar-refractivity contribution < 1.29 is 9.53 Å². The second-order valence-electron chi connectivity index (χ2n) is 3.27. The number of allylic oxidation sites excluding steroid dienone is 2. The summed E-state index contributed by atoms with van der Waals surface area (Å²) < 4.78 is 5.01. The van der Waals surface area contributed by atoms with Gasteiger partial charge in [0, 0.05) is 12.7 Å². The Labute approximate surface area is 78.6 Å². The molecule has 1 aliphatic rings. The van der Waals surface area contributed by atoms with E-state index in [1.165, 1.54) is 7.11 Å². The summed E-state index contributed by atoms with van der Waals surface area (Å²) in [5.74, 6) is 0.0543. The van der Waals surface area contributed by atoms with E-state index in [9.17, 15) is 4.79 Å². The standard InChI is InChI=1S/C11H14O2/c1-5-8-9(6-7(2)3)10(12)11(8)13-4/h5-6,11H,1H2,2-4H3. The molecule has 0 fully saturated rings. The minimum atomic E-state index is -0.386. The highest BCUT2D eigenvalue weighted by atomic mass is 16.5. The average Bonchev–Trinajstić information content (AvgIpc) is 2.09. The molecule has 1 rings (SSSR count). The molecule has 0 spiro atoms. The van der Waals surface area contributed by atoms with Gasteiger partial charge in [-0.1, -0.05) is 24.3 Å². The molecule has 1 atom stereocenters. The maximum atomic E-state index is 11.4. The molecular weight excluding hydrogens is 164 g/mol. The Morgan fingerprint density at radius 1 is 1.54 bits per heavy atom. The summed E-state index contributed by atoms with van der Waals surface area (Å²) in [7, 11) is 1.53. The number of Topliss-reactive ketones (excluding diaryl/α,β-unsaturated/α-hetero) is 1. The van der Waals surface area contributed by atoms with Crippen LogP contribution in [0.2, 0.25) is 0 Å². The Kier molecular flexibility index (Phi) is 2.83. The largest absolute Gasteiger partial charge is 0.368 e. The molecular formula is C11H14O2. The van der Waals surface area contributed by atoms with Crippen LogP contribution in [-0.4, -0.2) is 19.0 Å². The van der Waals surface area contributed by atoms with Crippen LogP contribution >= 0.6 is 0 Å². The third-order valence-electron chi connectivity index (χ3n) is 1.99. The van der Waals surface area contributed by atoms with Gasteiger partial charge < -0.3 is 4.74 Å². The summed E-state index contributed by atoms with van der Waals surface area (Å²) in [5, 5.41) is 0. The highest BCUT2D eigenvalue weighted by Crippen LogP contribution is 2.29. The molecule has 0 bridgehead atoms. The first kappa shape index (κ1) is 9.93. The van der Waals surface area contributed by atoms with E-state index in [0.717, 1.165) is 16.7 Å². The third kappa shape index (κ3) is 1.63. The lowest BCUT2D eigenvalue weighted by Crippen LogP contribution is -2.36. The van der Waals surface area contributed by atoms with Crippen LogP contribution in [0.5, 0.6) is 0 Å². The summed E-state index contributed by atoms with van der Waals surface area (Å²) in [6.07, 6.45) is 3.17. The van der Waals surface area contributed by atoms with Crippen molar-refractivity contribution >= 4 is 5.78 Å². The summed E-state index contributed by atoms with van der Waals surface area (Å²) in [5.41, 5.74) is 2.74. The van der Waals surface area contributed by atoms with Crippen LogP contribution in [0.15, 0.2) is 35.5 Å². The minimum absolute atomic E-state index is 0.0543. The topological polar surface area (TPSA) is 26.3 Å². The second kappa shape index (κ2) is 3.71. The minimum Gasteiger partial charge on any atom is -0.368 e. The fourth-order valence-electron chi connectivity index (χ4n) is 1.38. The molecule has 0 saturated carbocycles. The zero-order valence-corrected chi connectivity index (χ0v) is 8.26. The zero-order chi connectivity index (χ0) is 10.0. The van der Waals surface area contributed by atoms with Crippen LogP contribution in [0.4, 0.5) is 0 Å². The van der Waals surface area contributed by atoms with Crippen LogP contribution in [-0.2, 0) is 9.53 Å². The van der Waals surface area contributed by atoms with Crippen molar-refractivity contribution in [1.29, 1.82) is 0 Å². The highest BCUT2D eigenvalue weighted by molar-refractivity contribution is 6.12. The predicted octanol–water partition coefficient (Wildman–Crippen LogP) is 2.03. The molecule has 13 heavy (non-hydrogen) atoms. The Balaban J connectivity index is 3.02. The Bertz CT molecular complexity index is 304. The summed E-state index contributed by atoms with van der Waals surface area (Å²) in [4.78, 5) is 11.4. The maximum Gasteiger partial charge on any atom is 0.196 e. The molecule has 0 aromatic heterocycles. The van der Waals surface area contributed by atoms with Gasteiger partial charge in [-0.3, -0.25) is 4.79 Å². The quantitative estimate of drug-likeness (QED) is 0.661. The molecule has 0 aromatic rings. The third-order valence-corrected chi connectivity index (χ3v) is 1.99. The fraction of sp³-hybridized carbons (Fsp3) is 0.364. The van der Waals surface area contributed by atoms with Gasteiger partial charge in [-0.25, -0.2) is 0 Å². The number of carbonyl (C=O) groups is 1. The molecule has 0 aliphatic heterocycles. The Morgan fingerprint density at radius 3 is 2.54 bits per heavy atom. The Morgan fingerprint density at radius 2 is 2.15 bits per heavy atom. The lowest BCUT2D eigenvalue weighted by molar-refractivity contribution is -0.125. The fourth-order valence-corrected chi connectivity index (χ4v) is 1.38. The summed E-state index contributed by atoms with van der Waals surface area (Å²) in [6, 6.07) is 0.